The van der Waals surface area contributed by atoms with Crippen molar-refractivity contribution in [3.63, 3.8) is 0 Å². The third-order valence-electron chi connectivity index (χ3n) is 2.68. The number of Topliss-reactive ketones (excluding diaryl/α,β-unsaturated/α-hetero) is 1. The van der Waals surface area contributed by atoms with Gasteiger partial charge >= 0.3 is 6.09 Å². The minimum absolute atomic E-state index is 0.0612. The lowest BCUT2D eigenvalue weighted by molar-refractivity contribution is -0.143. The maximum Gasteiger partial charge on any atom is 0.410 e. The molecule has 0 atom stereocenters. The van der Waals surface area contributed by atoms with Crippen LogP contribution in [0.4, 0.5) is 4.79 Å². The first kappa shape index (κ1) is 13.0. The van der Waals surface area contributed by atoms with Crippen LogP contribution in [0.5, 0.6) is 0 Å². The van der Waals surface area contributed by atoms with E-state index in [1.54, 1.807) is 18.7 Å². The molecule has 1 heterocycles. The van der Waals surface area contributed by atoms with Gasteiger partial charge in [-0.2, -0.15) is 0 Å². The molecule has 4 nitrogen and oxygen atoms in total. The Morgan fingerprint density at radius 1 is 1.06 bits per heavy atom. The molecule has 0 N–H and O–H groups in total. The van der Waals surface area contributed by atoms with E-state index in [0.717, 1.165) is 19.5 Å². The minimum atomic E-state index is -1.05. The Morgan fingerprint density at radius 2 is 1.56 bits per heavy atom. The standard InChI is InChI=1S/C12H21NO3/c1-11(2,3)9(14)12(4,5)16-10(15)13-7-6-8-13/h6-8H2,1-5H3. The molecule has 1 saturated heterocycles. The molecule has 0 radical (unpaired) electrons. The molecule has 0 unspecified atom stereocenters. The van der Waals surface area contributed by atoms with Crippen molar-refractivity contribution in [3.05, 3.63) is 0 Å². The SMILES string of the molecule is CC(C)(C)C(=O)C(C)(C)OC(=O)N1CCC1. The number of nitrogens with zero attached hydrogens (tertiary/aromatic N) is 1. The van der Waals surface area contributed by atoms with Crippen LogP contribution in [-0.2, 0) is 9.53 Å². The number of carbonyl (C=O) groups is 2. The third-order valence-corrected chi connectivity index (χ3v) is 2.68. The molecule has 0 aliphatic carbocycles. The molecule has 0 saturated carbocycles. The molecule has 1 aliphatic rings. The number of hydrogen-bond donors (Lipinski definition) is 0. The summed E-state index contributed by atoms with van der Waals surface area (Å²) in [6.07, 6.45) is 0.636. The number of rotatable bonds is 2. The van der Waals surface area contributed by atoms with Crippen LogP contribution in [0.25, 0.3) is 0 Å². The smallest absolute Gasteiger partial charge is 0.410 e. The minimum Gasteiger partial charge on any atom is -0.435 e. The molecule has 0 spiro atoms. The van der Waals surface area contributed by atoms with E-state index < -0.39 is 11.0 Å². The van der Waals surface area contributed by atoms with Crippen molar-refractivity contribution >= 4 is 11.9 Å². The van der Waals surface area contributed by atoms with Gasteiger partial charge in [-0.1, -0.05) is 20.8 Å². The fourth-order valence-electron chi connectivity index (χ4n) is 1.73. The van der Waals surface area contributed by atoms with E-state index >= 15 is 0 Å². The molecular weight excluding hydrogens is 206 g/mol. The van der Waals surface area contributed by atoms with Crippen LogP contribution in [0.15, 0.2) is 0 Å². The Balaban J connectivity index is 2.63. The summed E-state index contributed by atoms with van der Waals surface area (Å²) in [6.45, 7) is 10.3. The zero-order valence-corrected chi connectivity index (χ0v) is 10.8. The molecule has 16 heavy (non-hydrogen) atoms. The average molecular weight is 227 g/mol. The van der Waals surface area contributed by atoms with Gasteiger partial charge in [-0.15, -0.1) is 0 Å². The first-order chi connectivity index (χ1) is 7.14. The zero-order valence-electron chi connectivity index (χ0n) is 10.8. The highest BCUT2D eigenvalue weighted by atomic mass is 16.6. The summed E-state index contributed by atoms with van der Waals surface area (Å²) in [5.74, 6) is -0.0612. The summed E-state index contributed by atoms with van der Waals surface area (Å²) in [6, 6.07) is 0. The van der Waals surface area contributed by atoms with Crippen LogP contribution in [0.2, 0.25) is 0 Å². The first-order valence-corrected chi connectivity index (χ1v) is 5.67. The predicted molar refractivity (Wildman–Crippen MR) is 61.2 cm³/mol. The Hall–Kier alpha value is -1.06. The zero-order chi connectivity index (χ0) is 12.6. The van der Waals surface area contributed by atoms with Crippen molar-refractivity contribution in [2.75, 3.05) is 13.1 Å². The summed E-state index contributed by atoms with van der Waals surface area (Å²) < 4.78 is 5.27. The molecular formula is C12H21NO3. The average Bonchev–Trinajstić information content (AvgIpc) is 1.96. The number of ether oxygens (including phenoxy) is 1. The van der Waals surface area contributed by atoms with Gasteiger partial charge in [0.05, 0.1) is 0 Å². The summed E-state index contributed by atoms with van der Waals surface area (Å²) in [5, 5.41) is 0. The van der Waals surface area contributed by atoms with Crippen LogP contribution < -0.4 is 0 Å². The second-order valence-corrected chi connectivity index (χ2v) is 5.80. The number of carbonyl (C=O) groups excluding carboxylic acids is 2. The van der Waals surface area contributed by atoms with Crippen molar-refractivity contribution in [2.24, 2.45) is 5.41 Å². The van der Waals surface area contributed by atoms with Crippen molar-refractivity contribution < 1.29 is 14.3 Å². The highest BCUT2D eigenvalue weighted by molar-refractivity contribution is 5.92. The number of ketones is 1. The van der Waals surface area contributed by atoms with Crippen molar-refractivity contribution in [1.29, 1.82) is 0 Å². The third kappa shape index (κ3) is 2.74. The normalized spacial score (nSPS) is 16.7. The first-order valence-electron chi connectivity index (χ1n) is 5.67. The maximum absolute atomic E-state index is 12.1. The van der Waals surface area contributed by atoms with Crippen LogP contribution >= 0.6 is 0 Å². The fraction of sp³-hybridized carbons (Fsp3) is 0.833. The molecule has 92 valence electrons. The Labute approximate surface area is 96.9 Å². The lowest BCUT2D eigenvalue weighted by Gasteiger charge is -2.35. The molecule has 0 aromatic heterocycles. The summed E-state index contributed by atoms with van der Waals surface area (Å²) >= 11 is 0. The lowest BCUT2D eigenvalue weighted by atomic mass is 9.82. The maximum atomic E-state index is 12.1. The summed E-state index contributed by atoms with van der Waals surface area (Å²) in [4.78, 5) is 25.3. The Morgan fingerprint density at radius 3 is 1.88 bits per heavy atom. The highest BCUT2D eigenvalue weighted by Crippen LogP contribution is 2.26. The summed E-state index contributed by atoms with van der Waals surface area (Å²) in [5.41, 5.74) is -1.55. The number of amides is 1. The molecule has 4 heteroatoms. The lowest BCUT2D eigenvalue weighted by Crippen LogP contribution is -2.50. The fourth-order valence-corrected chi connectivity index (χ4v) is 1.73. The molecule has 1 rings (SSSR count). The van der Waals surface area contributed by atoms with E-state index in [2.05, 4.69) is 0 Å². The van der Waals surface area contributed by atoms with Gasteiger partial charge in [0.15, 0.2) is 11.4 Å². The molecule has 0 bridgehead atoms. The van der Waals surface area contributed by atoms with Gasteiger partial charge in [-0.05, 0) is 20.3 Å². The van der Waals surface area contributed by atoms with Crippen LogP contribution in [0.1, 0.15) is 41.0 Å². The second-order valence-electron chi connectivity index (χ2n) is 5.80. The largest absolute Gasteiger partial charge is 0.435 e. The summed E-state index contributed by atoms with van der Waals surface area (Å²) in [7, 11) is 0. The highest BCUT2D eigenvalue weighted by Gasteiger charge is 2.40. The van der Waals surface area contributed by atoms with Gasteiger partial charge in [-0.3, -0.25) is 4.79 Å². The Bertz CT molecular complexity index is 298. The van der Waals surface area contributed by atoms with E-state index in [4.69, 9.17) is 4.74 Å². The molecule has 1 fully saturated rings. The van der Waals surface area contributed by atoms with E-state index in [9.17, 15) is 9.59 Å². The van der Waals surface area contributed by atoms with E-state index in [-0.39, 0.29) is 11.9 Å². The van der Waals surface area contributed by atoms with Crippen molar-refractivity contribution in [1.82, 2.24) is 4.90 Å². The topological polar surface area (TPSA) is 46.6 Å². The van der Waals surface area contributed by atoms with E-state index in [0.29, 0.717) is 0 Å². The van der Waals surface area contributed by atoms with Gasteiger partial charge in [0.25, 0.3) is 0 Å². The number of hydrogen-bond acceptors (Lipinski definition) is 3. The number of likely N-dealkylation sites (tertiary alicyclic amines) is 1. The van der Waals surface area contributed by atoms with E-state index in [1.807, 2.05) is 20.8 Å². The predicted octanol–water partition coefficient (Wildman–Crippen LogP) is 2.22. The van der Waals surface area contributed by atoms with Gasteiger partial charge in [0.2, 0.25) is 0 Å². The molecule has 1 aliphatic heterocycles. The molecule has 1 amide bonds. The molecule has 0 aromatic carbocycles. The van der Waals surface area contributed by atoms with Gasteiger partial charge in [-0.25, -0.2) is 4.79 Å². The Kier molecular flexibility index (Phi) is 3.31. The van der Waals surface area contributed by atoms with Crippen molar-refractivity contribution in [2.45, 2.75) is 46.6 Å². The van der Waals surface area contributed by atoms with E-state index in [1.165, 1.54) is 0 Å². The van der Waals surface area contributed by atoms with Gasteiger partial charge in [0.1, 0.15) is 0 Å². The van der Waals surface area contributed by atoms with Crippen LogP contribution in [0, 0.1) is 5.41 Å². The van der Waals surface area contributed by atoms with Crippen LogP contribution in [-0.4, -0.2) is 35.5 Å². The quantitative estimate of drug-likeness (QED) is 0.726. The van der Waals surface area contributed by atoms with Crippen LogP contribution in [0.3, 0.4) is 0 Å². The van der Waals surface area contributed by atoms with Crippen molar-refractivity contribution in [3.8, 4) is 0 Å². The van der Waals surface area contributed by atoms with Gasteiger partial charge < -0.3 is 9.64 Å². The second kappa shape index (κ2) is 4.07. The monoisotopic (exact) mass is 227 g/mol. The molecule has 0 aromatic rings. The van der Waals surface area contributed by atoms with Gasteiger partial charge in [0, 0.05) is 18.5 Å².